The van der Waals surface area contributed by atoms with E-state index in [0.29, 0.717) is 12.5 Å². The van der Waals surface area contributed by atoms with Gasteiger partial charge in [-0.05, 0) is 12.8 Å². The van der Waals surface area contributed by atoms with Crippen LogP contribution in [0.2, 0.25) is 0 Å². The summed E-state index contributed by atoms with van der Waals surface area (Å²) >= 11 is 0. The molecule has 2 heterocycles. The van der Waals surface area contributed by atoms with E-state index in [1.807, 2.05) is 0 Å². The zero-order chi connectivity index (χ0) is 11.4. The molecule has 16 heavy (non-hydrogen) atoms. The Hall–Kier alpha value is -1.69. The molecule has 0 radical (unpaired) electrons. The lowest BCUT2D eigenvalue weighted by atomic mass is 10.2. The largest absolute Gasteiger partial charge is 0.478 e. The van der Waals surface area contributed by atoms with Crippen molar-refractivity contribution in [3.05, 3.63) is 18.0 Å². The van der Waals surface area contributed by atoms with Crippen molar-refractivity contribution in [2.24, 2.45) is 0 Å². The molecule has 2 rings (SSSR count). The molecule has 0 aromatic carbocycles. The fourth-order valence-corrected chi connectivity index (χ4v) is 1.54. The Morgan fingerprint density at radius 2 is 2.31 bits per heavy atom. The maximum Gasteiger partial charge on any atom is 0.338 e. The summed E-state index contributed by atoms with van der Waals surface area (Å²) in [5, 5.41) is 11.7. The smallest absolute Gasteiger partial charge is 0.338 e. The third-order valence-electron chi connectivity index (χ3n) is 2.41. The zero-order valence-electron chi connectivity index (χ0n) is 8.72. The molecular formula is C10H13N3O3. The molecule has 1 fully saturated rings. The zero-order valence-corrected chi connectivity index (χ0v) is 8.72. The maximum atomic E-state index is 10.6. The molecular weight excluding hydrogens is 210 g/mol. The Balaban J connectivity index is 1.87. The molecule has 1 atom stereocenters. The lowest BCUT2D eigenvalue weighted by Gasteiger charge is -2.10. The van der Waals surface area contributed by atoms with Crippen LogP contribution in [0, 0.1) is 0 Å². The standard InChI is InChI=1S/C10H13N3O3/c14-9(15)7-4-11-10(12-5-7)13-6-8-2-1-3-16-8/h4-5,8H,1-3,6H2,(H,14,15)(H,11,12,13). The molecule has 6 heteroatoms. The number of aromatic carboxylic acids is 1. The minimum atomic E-state index is -1.02. The van der Waals surface area contributed by atoms with Crippen LogP contribution >= 0.6 is 0 Å². The van der Waals surface area contributed by atoms with E-state index in [1.165, 1.54) is 12.4 Å². The molecule has 86 valence electrons. The molecule has 0 spiro atoms. The van der Waals surface area contributed by atoms with Crippen molar-refractivity contribution in [3.8, 4) is 0 Å². The van der Waals surface area contributed by atoms with Gasteiger partial charge in [0, 0.05) is 25.5 Å². The molecule has 1 aliphatic rings. The average Bonchev–Trinajstić information content (AvgIpc) is 2.80. The van der Waals surface area contributed by atoms with Crippen LogP contribution in [-0.2, 0) is 4.74 Å². The highest BCUT2D eigenvalue weighted by atomic mass is 16.5. The summed E-state index contributed by atoms with van der Waals surface area (Å²) in [5.74, 6) is -0.592. The van der Waals surface area contributed by atoms with E-state index in [1.54, 1.807) is 0 Å². The van der Waals surface area contributed by atoms with E-state index in [4.69, 9.17) is 9.84 Å². The van der Waals surface area contributed by atoms with Gasteiger partial charge < -0.3 is 15.2 Å². The van der Waals surface area contributed by atoms with Crippen molar-refractivity contribution in [2.45, 2.75) is 18.9 Å². The Morgan fingerprint density at radius 1 is 1.56 bits per heavy atom. The third-order valence-corrected chi connectivity index (χ3v) is 2.41. The van der Waals surface area contributed by atoms with Gasteiger partial charge in [0.2, 0.25) is 5.95 Å². The van der Waals surface area contributed by atoms with Gasteiger partial charge in [0.15, 0.2) is 0 Å². The summed E-state index contributed by atoms with van der Waals surface area (Å²) in [7, 11) is 0. The summed E-state index contributed by atoms with van der Waals surface area (Å²) < 4.78 is 5.42. The molecule has 2 N–H and O–H groups in total. The van der Waals surface area contributed by atoms with Crippen molar-refractivity contribution < 1.29 is 14.6 Å². The average molecular weight is 223 g/mol. The van der Waals surface area contributed by atoms with Crippen molar-refractivity contribution in [3.63, 3.8) is 0 Å². The van der Waals surface area contributed by atoms with Crippen LogP contribution < -0.4 is 5.32 Å². The molecule has 0 amide bonds. The summed E-state index contributed by atoms with van der Waals surface area (Å²) in [6.45, 7) is 1.47. The fourth-order valence-electron chi connectivity index (χ4n) is 1.54. The van der Waals surface area contributed by atoms with Gasteiger partial charge >= 0.3 is 5.97 Å². The number of hydrogen-bond donors (Lipinski definition) is 2. The Bertz CT molecular complexity index is 360. The van der Waals surface area contributed by atoms with E-state index in [-0.39, 0.29) is 11.7 Å². The molecule has 1 aromatic heterocycles. The third kappa shape index (κ3) is 2.66. The predicted molar refractivity (Wildman–Crippen MR) is 56.5 cm³/mol. The van der Waals surface area contributed by atoms with Crippen molar-refractivity contribution in [1.82, 2.24) is 9.97 Å². The molecule has 0 bridgehead atoms. The lowest BCUT2D eigenvalue weighted by Crippen LogP contribution is -2.19. The van der Waals surface area contributed by atoms with Crippen LogP contribution in [-0.4, -0.2) is 40.3 Å². The number of aromatic nitrogens is 2. The number of nitrogens with one attached hydrogen (secondary N) is 1. The van der Waals surface area contributed by atoms with Crippen LogP contribution in [0.15, 0.2) is 12.4 Å². The van der Waals surface area contributed by atoms with Crippen LogP contribution in [0.1, 0.15) is 23.2 Å². The summed E-state index contributed by atoms with van der Waals surface area (Å²) in [4.78, 5) is 18.4. The summed E-state index contributed by atoms with van der Waals surface area (Å²) in [6.07, 6.45) is 4.91. The second-order valence-corrected chi connectivity index (χ2v) is 3.62. The SMILES string of the molecule is O=C(O)c1cnc(NCC2CCCO2)nc1. The van der Waals surface area contributed by atoms with Gasteiger partial charge in [-0.25, -0.2) is 14.8 Å². The highest BCUT2D eigenvalue weighted by Gasteiger charge is 2.15. The van der Waals surface area contributed by atoms with Crippen LogP contribution in [0.4, 0.5) is 5.95 Å². The number of rotatable bonds is 4. The number of carboxylic acids is 1. The highest BCUT2D eigenvalue weighted by Crippen LogP contribution is 2.12. The Labute approximate surface area is 92.7 Å². The van der Waals surface area contributed by atoms with E-state index >= 15 is 0 Å². The normalized spacial score (nSPS) is 19.6. The molecule has 1 aliphatic heterocycles. The van der Waals surface area contributed by atoms with E-state index in [2.05, 4.69) is 15.3 Å². The van der Waals surface area contributed by atoms with Crippen LogP contribution in [0.5, 0.6) is 0 Å². The topological polar surface area (TPSA) is 84.3 Å². The quantitative estimate of drug-likeness (QED) is 0.784. The van der Waals surface area contributed by atoms with Crippen LogP contribution in [0.3, 0.4) is 0 Å². The number of carbonyl (C=O) groups is 1. The van der Waals surface area contributed by atoms with Gasteiger partial charge in [-0.3, -0.25) is 0 Å². The van der Waals surface area contributed by atoms with Gasteiger partial charge in [0.25, 0.3) is 0 Å². The number of ether oxygens (including phenoxy) is 1. The van der Waals surface area contributed by atoms with E-state index in [9.17, 15) is 4.79 Å². The first-order valence-corrected chi connectivity index (χ1v) is 5.16. The first-order chi connectivity index (χ1) is 7.75. The Kier molecular flexibility index (Phi) is 3.31. The molecule has 1 saturated heterocycles. The van der Waals surface area contributed by atoms with E-state index < -0.39 is 5.97 Å². The second kappa shape index (κ2) is 4.89. The number of nitrogens with zero attached hydrogens (tertiary/aromatic N) is 2. The minimum absolute atomic E-state index is 0.0858. The molecule has 6 nitrogen and oxygen atoms in total. The number of anilines is 1. The molecule has 0 aliphatic carbocycles. The highest BCUT2D eigenvalue weighted by molar-refractivity contribution is 5.86. The molecule has 1 unspecified atom stereocenters. The van der Waals surface area contributed by atoms with Gasteiger partial charge in [0.1, 0.15) is 0 Å². The van der Waals surface area contributed by atoms with Gasteiger partial charge in [-0.15, -0.1) is 0 Å². The van der Waals surface area contributed by atoms with Gasteiger partial charge in [0.05, 0.1) is 11.7 Å². The Morgan fingerprint density at radius 3 is 2.88 bits per heavy atom. The maximum absolute atomic E-state index is 10.6. The predicted octanol–water partition coefficient (Wildman–Crippen LogP) is 0.766. The van der Waals surface area contributed by atoms with Gasteiger partial charge in [-0.2, -0.15) is 0 Å². The first kappa shape index (κ1) is 10.8. The number of hydrogen-bond acceptors (Lipinski definition) is 5. The number of carboxylic acid groups (broad SMARTS) is 1. The van der Waals surface area contributed by atoms with Crippen molar-refractivity contribution in [1.29, 1.82) is 0 Å². The second-order valence-electron chi connectivity index (χ2n) is 3.62. The first-order valence-electron chi connectivity index (χ1n) is 5.16. The molecule has 1 aromatic rings. The summed E-state index contributed by atoms with van der Waals surface area (Å²) in [6, 6.07) is 0. The van der Waals surface area contributed by atoms with Crippen molar-refractivity contribution >= 4 is 11.9 Å². The molecule has 0 saturated carbocycles. The van der Waals surface area contributed by atoms with Gasteiger partial charge in [-0.1, -0.05) is 0 Å². The summed E-state index contributed by atoms with van der Waals surface area (Å²) in [5.41, 5.74) is 0.0858. The van der Waals surface area contributed by atoms with Crippen LogP contribution in [0.25, 0.3) is 0 Å². The van der Waals surface area contributed by atoms with Crippen molar-refractivity contribution in [2.75, 3.05) is 18.5 Å². The van der Waals surface area contributed by atoms with E-state index in [0.717, 1.165) is 19.4 Å². The minimum Gasteiger partial charge on any atom is -0.478 e. The lowest BCUT2D eigenvalue weighted by molar-refractivity contribution is 0.0696. The fraction of sp³-hybridized carbons (Fsp3) is 0.500. The monoisotopic (exact) mass is 223 g/mol.